The predicted molar refractivity (Wildman–Crippen MR) is 86.9 cm³/mol. The number of rotatable bonds is 8. The van der Waals surface area contributed by atoms with Crippen molar-refractivity contribution in [2.45, 2.75) is 58.8 Å². The Morgan fingerprint density at radius 2 is 1.95 bits per heavy atom. The van der Waals surface area contributed by atoms with E-state index in [0.717, 1.165) is 35.4 Å². The van der Waals surface area contributed by atoms with E-state index < -0.39 is 0 Å². The highest BCUT2D eigenvalue weighted by molar-refractivity contribution is 9.10. The van der Waals surface area contributed by atoms with E-state index in [1.165, 1.54) is 24.8 Å². The fraction of sp³-hybridized carbons (Fsp3) is 0.625. The number of hydrogen-bond acceptors (Lipinski definition) is 2. The zero-order valence-electron chi connectivity index (χ0n) is 12.3. The Balaban J connectivity index is 2.64. The van der Waals surface area contributed by atoms with Crippen molar-refractivity contribution in [1.82, 2.24) is 0 Å². The third-order valence-corrected chi connectivity index (χ3v) is 4.11. The van der Waals surface area contributed by atoms with Crippen molar-refractivity contribution in [3.05, 3.63) is 22.2 Å². The van der Waals surface area contributed by atoms with Crippen LogP contribution in [0.5, 0.6) is 5.75 Å². The van der Waals surface area contributed by atoms with Gasteiger partial charge in [-0.1, -0.05) is 40.0 Å². The fourth-order valence-corrected chi connectivity index (χ4v) is 2.62. The van der Waals surface area contributed by atoms with Crippen molar-refractivity contribution in [3.8, 4) is 5.75 Å². The molecule has 2 N–H and O–H groups in total. The minimum absolute atomic E-state index is 0.525. The summed E-state index contributed by atoms with van der Waals surface area (Å²) in [5.41, 5.74) is 8.11. The van der Waals surface area contributed by atoms with Crippen LogP contribution in [0.3, 0.4) is 0 Å². The van der Waals surface area contributed by atoms with Crippen molar-refractivity contribution >= 4 is 21.6 Å². The number of benzene rings is 1. The first-order valence-electron chi connectivity index (χ1n) is 7.31. The summed E-state index contributed by atoms with van der Waals surface area (Å²) in [5, 5.41) is 0. The number of halogens is 1. The molecule has 1 atom stereocenters. The summed E-state index contributed by atoms with van der Waals surface area (Å²) in [4.78, 5) is 0. The third-order valence-electron chi connectivity index (χ3n) is 3.52. The van der Waals surface area contributed by atoms with Gasteiger partial charge in [-0.2, -0.15) is 0 Å². The minimum atomic E-state index is 0.525. The molecule has 0 amide bonds. The second-order valence-electron chi connectivity index (χ2n) is 5.14. The van der Waals surface area contributed by atoms with Gasteiger partial charge in [0, 0.05) is 0 Å². The lowest BCUT2D eigenvalue weighted by molar-refractivity contribution is 0.305. The summed E-state index contributed by atoms with van der Waals surface area (Å²) in [6.07, 6.45) is 5.94. The molecule has 0 saturated heterocycles. The molecule has 0 aromatic heterocycles. The molecule has 1 aromatic carbocycles. The number of ether oxygens (including phenoxy) is 1. The van der Waals surface area contributed by atoms with Gasteiger partial charge in [-0.15, -0.1) is 0 Å². The molecule has 1 rings (SSSR count). The van der Waals surface area contributed by atoms with Crippen molar-refractivity contribution in [1.29, 1.82) is 0 Å². The van der Waals surface area contributed by atoms with Gasteiger partial charge in [0.05, 0.1) is 16.8 Å². The van der Waals surface area contributed by atoms with Crippen molar-refractivity contribution in [2.24, 2.45) is 0 Å². The van der Waals surface area contributed by atoms with Crippen LogP contribution in [-0.2, 0) is 0 Å². The normalized spacial score (nSPS) is 12.4. The van der Waals surface area contributed by atoms with Crippen LogP contribution in [0.2, 0.25) is 0 Å². The van der Waals surface area contributed by atoms with E-state index in [1.807, 2.05) is 6.07 Å². The lowest BCUT2D eigenvalue weighted by atomic mass is 9.98. The van der Waals surface area contributed by atoms with Gasteiger partial charge in [0.15, 0.2) is 5.75 Å². The lowest BCUT2D eigenvalue weighted by Gasteiger charge is -2.15. The fourth-order valence-electron chi connectivity index (χ4n) is 2.01. The largest absolute Gasteiger partial charge is 0.490 e. The van der Waals surface area contributed by atoms with Gasteiger partial charge < -0.3 is 10.5 Å². The molecule has 0 radical (unpaired) electrons. The molecule has 19 heavy (non-hydrogen) atoms. The average molecular weight is 328 g/mol. The first-order chi connectivity index (χ1) is 9.10. The molecule has 1 unspecified atom stereocenters. The Labute approximate surface area is 125 Å². The van der Waals surface area contributed by atoms with Gasteiger partial charge in [0.2, 0.25) is 0 Å². The van der Waals surface area contributed by atoms with E-state index in [2.05, 4.69) is 42.8 Å². The average Bonchev–Trinajstić information content (AvgIpc) is 2.40. The Morgan fingerprint density at radius 3 is 2.53 bits per heavy atom. The van der Waals surface area contributed by atoms with Crippen molar-refractivity contribution < 1.29 is 4.74 Å². The lowest BCUT2D eigenvalue weighted by Crippen LogP contribution is -2.03. The van der Waals surface area contributed by atoms with Crippen LogP contribution in [0.4, 0.5) is 5.69 Å². The highest BCUT2D eigenvalue weighted by atomic mass is 79.9. The molecule has 1 aromatic rings. The van der Waals surface area contributed by atoms with Crippen LogP contribution in [0.15, 0.2) is 16.6 Å². The van der Waals surface area contributed by atoms with E-state index in [9.17, 15) is 0 Å². The highest BCUT2D eigenvalue weighted by Gasteiger charge is 2.11. The first kappa shape index (κ1) is 16.4. The Bertz CT molecular complexity index is 369. The van der Waals surface area contributed by atoms with Crippen molar-refractivity contribution in [3.63, 3.8) is 0 Å². The van der Waals surface area contributed by atoms with Crippen LogP contribution >= 0.6 is 15.9 Å². The number of nitrogens with two attached hydrogens (primary N) is 1. The third kappa shape index (κ3) is 5.06. The van der Waals surface area contributed by atoms with E-state index >= 15 is 0 Å². The zero-order valence-corrected chi connectivity index (χ0v) is 13.9. The molecule has 0 bridgehead atoms. The van der Waals surface area contributed by atoms with Gasteiger partial charge in [-0.3, -0.25) is 0 Å². The van der Waals surface area contributed by atoms with Crippen LogP contribution < -0.4 is 10.5 Å². The van der Waals surface area contributed by atoms with Gasteiger partial charge in [-0.25, -0.2) is 0 Å². The van der Waals surface area contributed by atoms with Crippen molar-refractivity contribution in [2.75, 3.05) is 12.3 Å². The SMILES string of the molecule is CCCCCCOc1c(N)cc(C(C)CC)cc1Br. The van der Waals surface area contributed by atoms with E-state index in [4.69, 9.17) is 10.5 Å². The number of hydrogen-bond donors (Lipinski definition) is 1. The predicted octanol–water partition coefficient (Wildman–Crippen LogP) is 5.50. The Hall–Kier alpha value is -0.700. The standard InChI is InChI=1S/C16H26BrNO/c1-4-6-7-8-9-19-16-14(17)10-13(11-15(16)18)12(3)5-2/h10-12H,4-9,18H2,1-3H3. The molecule has 0 saturated carbocycles. The molecule has 2 nitrogen and oxygen atoms in total. The smallest absolute Gasteiger partial charge is 0.156 e. The van der Waals surface area contributed by atoms with E-state index in [1.54, 1.807) is 0 Å². The van der Waals surface area contributed by atoms with E-state index in [0.29, 0.717) is 5.92 Å². The van der Waals surface area contributed by atoms with Crippen LogP contribution in [-0.4, -0.2) is 6.61 Å². The molecule has 0 aliphatic heterocycles. The minimum Gasteiger partial charge on any atom is -0.490 e. The molecule has 108 valence electrons. The summed E-state index contributed by atoms with van der Waals surface area (Å²) in [6, 6.07) is 4.17. The van der Waals surface area contributed by atoms with Gasteiger partial charge in [0.1, 0.15) is 0 Å². The summed E-state index contributed by atoms with van der Waals surface area (Å²) in [7, 11) is 0. The maximum absolute atomic E-state index is 6.10. The number of nitrogen functional groups attached to an aromatic ring is 1. The van der Waals surface area contributed by atoms with E-state index in [-0.39, 0.29) is 0 Å². The van der Waals surface area contributed by atoms with Gasteiger partial charge >= 0.3 is 0 Å². The highest BCUT2D eigenvalue weighted by Crippen LogP contribution is 2.35. The second kappa shape index (κ2) is 8.47. The summed E-state index contributed by atoms with van der Waals surface area (Å²) >= 11 is 3.57. The van der Waals surface area contributed by atoms with Gasteiger partial charge in [0.25, 0.3) is 0 Å². The zero-order chi connectivity index (χ0) is 14.3. The van der Waals surface area contributed by atoms with Gasteiger partial charge in [-0.05, 0) is 52.4 Å². The Kier molecular flexibility index (Phi) is 7.29. The second-order valence-corrected chi connectivity index (χ2v) is 5.99. The molecular weight excluding hydrogens is 302 g/mol. The summed E-state index contributed by atoms with van der Waals surface area (Å²) in [6.45, 7) is 7.36. The number of unbranched alkanes of at least 4 members (excludes halogenated alkanes) is 3. The molecule has 0 spiro atoms. The van der Waals surface area contributed by atoms with Crippen LogP contribution in [0.25, 0.3) is 0 Å². The molecule has 0 heterocycles. The topological polar surface area (TPSA) is 35.2 Å². The molecule has 0 aliphatic carbocycles. The summed E-state index contributed by atoms with van der Waals surface area (Å²) < 4.78 is 6.78. The monoisotopic (exact) mass is 327 g/mol. The molecule has 0 aliphatic rings. The van der Waals surface area contributed by atoms with Crippen LogP contribution in [0, 0.1) is 0 Å². The number of anilines is 1. The Morgan fingerprint density at radius 1 is 1.21 bits per heavy atom. The molecular formula is C16H26BrNO. The maximum Gasteiger partial charge on any atom is 0.156 e. The molecule has 0 fully saturated rings. The quantitative estimate of drug-likeness (QED) is 0.505. The maximum atomic E-state index is 6.10. The first-order valence-corrected chi connectivity index (χ1v) is 8.11. The molecule has 3 heteroatoms. The summed E-state index contributed by atoms with van der Waals surface area (Å²) in [5.74, 6) is 1.32. The van der Waals surface area contributed by atoms with Crippen LogP contribution in [0.1, 0.15) is 64.4 Å².